The van der Waals surface area contributed by atoms with Gasteiger partial charge in [-0.05, 0) is 91.4 Å². The smallest absolute Gasteiger partial charge is 0.266 e. The van der Waals surface area contributed by atoms with Crippen LogP contribution in [0.25, 0.3) is 6.08 Å². The molecule has 3 aromatic rings. The van der Waals surface area contributed by atoms with Gasteiger partial charge in [-0.3, -0.25) is 9.69 Å². The fraction of sp³-hybridized carbons (Fsp3) is 0.267. The third-order valence-corrected chi connectivity index (χ3v) is 7.63. The number of halogens is 1. The summed E-state index contributed by atoms with van der Waals surface area (Å²) in [6, 6.07) is 23.4. The van der Waals surface area contributed by atoms with E-state index in [1.807, 2.05) is 67.6 Å². The molecule has 2 aliphatic rings. The van der Waals surface area contributed by atoms with Crippen molar-refractivity contribution in [2.24, 2.45) is 4.99 Å². The number of nitrogens with zero attached hydrogens (tertiary/aromatic N) is 3. The summed E-state index contributed by atoms with van der Waals surface area (Å²) in [5.41, 5.74) is 4.41. The molecule has 0 bridgehead atoms. The molecule has 0 saturated carbocycles. The topological polar surface area (TPSA) is 35.9 Å². The normalized spacial score (nSPS) is 18.1. The third kappa shape index (κ3) is 5.54. The second-order valence-electron chi connectivity index (χ2n) is 9.24. The minimum absolute atomic E-state index is 0.0776. The van der Waals surface area contributed by atoms with Crippen molar-refractivity contribution < 1.29 is 9.18 Å². The van der Waals surface area contributed by atoms with E-state index in [2.05, 4.69) is 17.0 Å². The average molecular weight is 500 g/mol. The number of amidine groups is 1. The predicted octanol–water partition coefficient (Wildman–Crippen LogP) is 6.97. The van der Waals surface area contributed by atoms with Gasteiger partial charge < -0.3 is 4.90 Å². The van der Waals surface area contributed by atoms with Crippen LogP contribution in [0.4, 0.5) is 15.8 Å². The van der Waals surface area contributed by atoms with Crippen LogP contribution in [0.2, 0.25) is 0 Å². The van der Waals surface area contributed by atoms with E-state index in [9.17, 15) is 4.79 Å². The molecule has 0 aromatic heterocycles. The van der Waals surface area contributed by atoms with E-state index >= 15 is 4.39 Å². The minimum Gasteiger partial charge on any atom is -0.369 e. The number of benzene rings is 3. The zero-order valence-electron chi connectivity index (χ0n) is 20.5. The summed E-state index contributed by atoms with van der Waals surface area (Å²) in [6.45, 7) is 4.34. The Morgan fingerprint density at radius 3 is 2.42 bits per heavy atom. The van der Waals surface area contributed by atoms with Gasteiger partial charge in [0.25, 0.3) is 5.91 Å². The molecule has 0 unspecified atom stereocenters. The second kappa shape index (κ2) is 11.1. The number of hydrogen-bond acceptors (Lipinski definition) is 4. The highest BCUT2D eigenvalue weighted by atomic mass is 32.2. The molecule has 1 amide bonds. The molecule has 0 spiro atoms. The molecule has 4 nitrogen and oxygen atoms in total. The van der Waals surface area contributed by atoms with Crippen LogP contribution in [0.3, 0.4) is 0 Å². The number of aliphatic imine (C=N–C) groups is 1. The van der Waals surface area contributed by atoms with Gasteiger partial charge in [0.2, 0.25) is 0 Å². The summed E-state index contributed by atoms with van der Waals surface area (Å²) in [6.07, 6.45) is 5.72. The highest BCUT2D eigenvalue weighted by Crippen LogP contribution is 2.36. The number of carbonyl (C=O) groups is 1. The number of rotatable bonds is 7. The van der Waals surface area contributed by atoms with Crippen LogP contribution >= 0.6 is 11.8 Å². The van der Waals surface area contributed by atoms with Gasteiger partial charge >= 0.3 is 0 Å². The summed E-state index contributed by atoms with van der Waals surface area (Å²) < 4.78 is 15.0. The third-order valence-electron chi connectivity index (χ3n) is 6.63. The lowest BCUT2D eigenvalue weighted by atomic mass is 10.1. The van der Waals surface area contributed by atoms with Gasteiger partial charge in [0.1, 0.15) is 5.82 Å². The van der Waals surface area contributed by atoms with E-state index in [0.29, 0.717) is 22.3 Å². The summed E-state index contributed by atoms with van der Waals surface area (Å²) in [4.78, 5) is 22.7. The van der Waals surface area contributed by atoms with E-state index in [4.69, 9.17) is 4.99 Å². The summed E-state index contributed by atoms with van der Waals surface area (Å²) in [7, 11) is 0. The molecule has 2 saturated heterocycles. The van der Waals surface area contributed by atoms with E-state index in [-0.39, 0.29) is 11.7 Å². The number of anilines is 1. The summed E-state index contributed by atoms with van der Waals surface area (Å²) >= 11 is 1.36. The first kappa shape index (κ1) is 24.3. The second-order valence-corrected chi connectivity index (χ2v) is 10.2. The van der Waals surface area contributed by atoms with Crippen molar-refractivity contribution in [3.8, 4) is 0 Å². The van der Waals surface area contributed by atoms with Crippen LogP contribution in [0.15, 0.2) is 82.7 Å². The van der Waals surface area contributed by atoms with Gasteiger partial charge in [-0.25, -0.2) is 9.38 Å². The van der Waals surface area contributed by atoms with Crippen LogP contribution in [-0.2, 0) is 11.2 Å². The SMILES string of the molecule is Cc1cc(N2CCCC2)c(F)cc1/C=C1\SC(=Nc2ccccc2)N(CCCc2ccccc2)C1=O. The maximum Gasteiger partial charge on any atom is 0.266 e. The first-order chi connectivity index (χ1) is 17.6. The first-order valence-electron chi connectivity index (χ1n) is 12.5. The molecule has 0 aliphatic carbocycles. The van der Waals surface area contributed by atoms with Crippen LogP contribution in [0, 0.1) is 12.7 Å². The highest BCUT2D eigenvalue weighted by Gasteiger charge is 2.33. The zero-order valence-corrected chi connectivity index (χ0v) is 21.3. The van der Waals surface area contributed by atoms with Crippen LogP contribution < -0.4 is 4.90 Å². The lowest BCUT2D eigenvalue weighted by Gasteiger charge is -2.19. The Bertz CT molecular complexity index is 1280. The fourth-order valence-electron chi connectivity index (χ4n) is 4.67. The van der Waals surface area contributed by atoms with Crippen molar-refractivity contribution in [1.29, 1.82) is 0 Å². The largest absolute Gasteiger partial charge is 0.369 e. The maximum absolute atomic E-state index is 15.0. The zero-order chi connectivity index (χ0) is 24.9. The van der Waals surface area contributed by atoms with Crippen molar-refractivity contribution in [3.63, 3.8) is 0 Å². The molecule has 5 rings (SSSR count). The van der Waals surface area contributed by atoms with Crippen molar-refractivity contribution in [1.82, 2.24) is 4.90 Å². The monoisotopic (exact) mass is 499 g/mol. The quantitative estimate of drug-likeness (QED) is 0.329. The van der Waals surface area contributed by atoms with E-state index in [1.165, 1.54) is 17.3 Å². The Morgan fingerprint density at radius 2 is 1.69 bits per heavy atom. The number of carbonyl (C=O) groups excluding carboxylic acids is 1. The standard InChI is InChI=1S/C30H30FN3OS/c1-22-19-27(33-16-8-9-17-33)26(31)20-24(22)21-28-29(35)34(18-10-13-23-11-4-2-5-12-23)30(36-28)32-25-14-6-3-7-15-25/h2-7,11-12,14-15,19-21H,8-10,13,16-18H2,1H3/b28-21-,32-30?. The predicted molar refractivity (Wildman–Crippen MR) is 148 cm³/mol. The Hall–Kier alpha value is -3.38. The van der Waals surface area contributed by atoms with Gasteiger partial charge in [0.05, 0.1) is 16.3 Å². The lowest BCUT2D eigenvalue weighted by Crippen LogP contribution is -2.30. The van der Waals surface area contributed by atoms with E-state index in [1.54, 1.807) is 11.0 Å². The molecular weight excluding hydrogens is 469 g/mol. The van der Waals surface area contributed by atoms with Crippen molar-refractivity contribution in [3.05, 3.63) is 100 Å². The molecule has 36 heavy (non-hydrogen) atoms. The molecule has 0 N–H and O–H groups in total. The maximum atomic E-state index is 15.0. The molecule has 3 aromatic carbocycles. The Morgan fingerprint density at radius 1 is 1.00 bits per heavy atom. The Kier molecular flexibility index (Phi) is 7.52. The number of amides is 1. The molecule has 184 valence electrons. The number of hydrogen-bond donors (Lipinski definition) is 0. The van der Waals surface area contributed by atoms with E-state index < -0.39 is 0 Å². The Balaban J connectivity index is 1.40. The summed E-state index contributed by atoms with van der Waals surface area (Å²) in [5.74, 6) is -0.311. The van der Waals surface area contributed by atoms with E-state index in [0.717, 1.165) is 55.6 Å². The molecular formula is C30H30FN3OS. The number of para-hydroxylation sites is 1. The molecule has 2 heterocycles. The van der Waals surface area contributed by atoms with Crippen molar-refractivity contribution >= 4 is 40.3 Å². The highest BCUT2D eigenvalue weighted by molar-refractivity contribution is 8.18. The van der Waals surface area contributed by atoms with Crippen molar-refractivity contribution in [2.75, 3.05) is 24.5 Å². The van der Waals surface area contributed by atoms with Gasteiger partial charge in [-0.15, -0.1) is 0 Å². The first-order valence-corrected chi connectivity index (χ1v) is 13.3. The van der Waals surface area contributed by atoms with Crippen molar-refractivity contribution in [2.45, 2.75) is 32.6 Å². The van der Waals surface area contributed by atoms with Gasteiger partial charge in [-0.2, -0.15) is 0 Å². The fourth-order valence-corrected chi connectivity index (χ4v) is 5.68. The van der Waals surface area contributed by atoms with Gasteiger partial charge in [-0.1, -0.05) is 48.5 Å². The molecule has 0 atom stereocenters. The lowest BCUT2D eigenvalue weighted by molar-refractivity contribution is -0.122. The molecule has 6 heteroatoms. The minimum atomic E-state index is -0.234. The molecule has 2 aliphatic heterocycles. The van der Waals surface area contributed by atoms with Crippen LogP contribution in [0.5, 0.6) is 0 Å². The average Bonchev–Trinajstić information content (AvgIpc) is 3.52. The molecule has 2 fully saturated rings. The van der Waals surface area contributed by atoms with Crippen LogP contribution in [0.1, 0.15) is 36.0 Å². The molecule has 0 radical (unpaired) electrons. The summed E-state index contributed by atoms with van der Waals surface area (Å²) in [5, 5.41) is 0.664. The van der Waals surface area contributed by atoms with Gasteiger partial charge in [0.15, 0.2) is 5.17 Å². The number of aryl methyl sites for hydroxylation is 2. The Labute approximate surface area is 216 Å². The van der Waals surface area contributed by atoms with Crippen LogP contribution in [-0.4, -0.2) is 35.6 Å². The van der Waals surface area contributed by atoms with Gasteiger partial charge in [0, 0.05) is 19.6 Å². The number of thioether (sulfide) groups is 1.